The molecule has 1 rings (SSSR count). The Morgan fingerprint density at radius 1 is 1.25 bits per heavy atom. The molecule has 0 bridgehead atoms. The zero-order valence-electron chi connectivity index (χ0n) is 13.2. The van der Waals surface area contributed by atoms with Crippen molar-refractivity contribution in [3.63, 3.8) is 0 Å². The van der Waals surface area contributed by atoms with Crippen molar-refractivity contribution in [2.24, 2.45) is 5.73 Å². The van der Waals surface area contributed by atoms with Gasteiger partial charge < -0.3 is 15.6 Å². The van der Waals surface area contributed by atoms with Crippen LogP contribution in [0.25, 0.3) is 0 Å². The molecule has 0 amide bonds. The molecule has 0 radical (unpaired) electrons. The topological polar surface area (TPSA) is 55.5 Å². The molecule has 0 aliphatic carbocycles. The molecular weight excluding hydrogens is 250 g/mol. The molecule has 0 aliphatic rings. The van der Waals surface area contributed by atoms with Crippen molar-refractivity contribution in [3.05, 3.63) is 29.3 Å². The maximum atomic E-state index is 9.94. The van der Waals surface area contributed by atoms with Gasteiger partial charge in [0.1, 0.15) is 5.75 Å². The fourth-order valence-corrected chi connectivity index (χ4v) is 2.38. The van der Waals surface area contributed by atoms with E-state index >= 15 is 0 Å². The summed E-state index contributed by atoms with van der Waals surface area (Å²) in [5.74, 6) is 1.23. The van der Waals surface area contributed by atoms with E-state index in [1.54, 1.807) is 0 Å². The quantitative estimate of drug-likeness (QED) is 0.768. The molecule has 3 atom stereocenters. The van der Waals surface area contributed by atoms with Crippen LogP contribution in [0.2, 0.25) is 0 Å². The number of aryl methyl sites for hydroxylation is 1. The Balaban J connectivity index is 2.83. The van der Waals surface area contributed by atoms with Gasteiger partial charge in [-0.2, -0.15) is 0 Å². The molecule has 114 valence electrons. The summed E-state index contributed by atoms with van der Waals surface area (Å²) in [6, 6.07) is 6.09. The van der Waals surface area contributed by atoms with Gasteiger partial charge in [-0.05, 0) is 55.4 Å². The van der Waals surface area contributed by atoms with Gasteiger partial charge in [0.25, 0.3) is 0 Å². The molecule has 0 fully saturated rings. The number of hydrogen-bond donors (Lipinski definition) is 2. The summed E-state index contributed by atoms with van der Waals surface area (Å²) >= 11 is 0. The lowest BCUT2D eigenvalue weighted by molar-refractivity contribution is 0.134. The molecule has 1 aromatic rings. The predicted molar refractivity (Wildman–Crippen MR) is 84.3 cm³/mol. The van der Waals surface area contributed by atoms with E-state index < -0.39 is 6.10 Å². The summed E-state index contributed by atoms with van der Waals surface area (Å²) in [7, 11) is 0. The van der Waals surface area contributed by atoms with Gasteiger partial charge in [0.05, 0.1) is 12.7 Å². The van der Waals surface area contributed by atoms with Crippen molar-refractivity contribution in [2.75, 3.05) is 6.61 Å². The number of ether oxygens (including phenoxy) is 1. The molecule has 3 heteroatoms. The number of aliphatic hydroxyl groups is 1. The monoisotopic (exact) mass is 279 g/mol. The van der Waals surface area contributed by atoms with Crippen LogP contribution < -0.4 is 10.5 Å². The van der Waals surface area contributed by atoms with Gasteiger partial charge in [0, 0.05) is 6.04 Å². The van der Waals surface area contributed by atoms with E-state index in [4.69, 9.17) is 10.5 Å². The number of hydrogen-bond acceptors (Lipinski definition) is 3. The van der Waals surface area contributed by atoms with Crippen molar-refractivity contribution in [1.82, 2.24) is 0 Å². The van der Waals surface area contributed by atoms with E-state index in [1.165, 1.54) is 11.1 Å². The molecule has 0 saturated carbocycles. The number of aliphatic hydroxyl groups excluding tert-OH is 1. The van der Waals surface area contributed by atoms with Crippen LogP contribution in [0.1, 0.15) is 57.6 Å². The van der Waals surface area contributed by atoms with Crippen LogP contribution in [-0.4, -0.2) is 23.9 Å². The van der Waals surface area contributed by atoms with Crippen molar-refractivity contribution >= 4 is 0 Å². The van der Waals surface area contributed by atoms with Gasteiger partial charge >= 0.3 is 0 Å². The Bertz CT molecular complexity index is 404. The Hall–Kier alpha value is -1.06. The lowest BCUT2D eigenvalue weighted by atomic mass is 9.89. The fraction of sp³-hybridized carbons (Fsp3) is 0.647. The highest BCUT2D eigenvalue weighted by Crippen LogP contribution is 2.28. The van der Waals surface area contributed by atoms with E-state index in [2.05, 4.69) is 32.9 Å². The molecular formula is C17H29NO2. The zero-order valence-corrected chi connectivity index (χ0v) is 13.2. The lowest BCUT2D eigenvalue weighted by Crippen LogP contribution is -2.32. The number of rotatable bonds is 8. The van der Waals surface area contributed by atoms with Crippen LogP contribution >= 0.6 is 0 Å². The third kappa shape index (κ3) is 4.80. The van der Waals surface area contributed by atoms with Gasteiger partial charge in [-0.1, -0.05) is 26.8 Å². The molecule has 0 aliphatic heterocycles. The number of benzene rings is 1. The van der Waals surface area contributed by atoms with Gasteiger partial charge in [0.2, 0.25) is 0 Å². The Morgan fingerprint density at radius 3 is 2.50 bits per heavy atom. The minimum Gasteiger partial charge on any atom is -0.494 e. The van der Waals surface area contributed by atoms with Crippen LogP contribution in [0.4, 0.5) is 0 Å². The van der Waals surface area contributed by atoms with Gasteiger partial charge in [-0.3, -0.25) is 0 Å². The molecule has 0 heterocycles. The Kier molecular flexibility index (Phi) is 7.03. The second-order valence-corrected chi connectivity index (χ2v) is 5.63. The smallest absolute Gasteiger partial charge is 0.119 e. The molecule has 3 N–H and O–H groups in total. The van der Waals surface area contributed by atoms with Crippen LogP contribution in [0.5, 0.6) is 5.75 Å². The molecule has 0 spiro atoms. The first kappa shape index (κ1) is 17.0. The SMILES string of the molecule is CCCOc1ccc(C(C)CC(O)C(C)N)c(CC)c1. The summed E-state index contributed by atoms with van der Waals surface area (Å²) in [6.07, 6.45) is 2.22. The largest absolute Gasteiger partial charge is 0.494 e. The van der Waals surface area contributed by atoms with Crippen LogP contribution in [0.15, 0.2) is 18.2 Å². The maximum Gasteiger partial charge on any atom is 0.119 e. The van der Waals surface area contributed by atoms with E-state index in [0.29, 0.717) is 12.3 Å². The van der Waals surface area contributed by atoms with Crippen LogP contribution in [0.3, 0.4) is 0 Å². The average Bonchev–Trinajstić information content (AvgIpc) is 2.44. The van der Waals surface area contributed by atoms with E-state index in [0.717, 1.165) is 25.2 Å². The van der Waals surface area contributed by atoms with Gasteiger partial charge in [-0.25, -0.2) is 0 Å². The number of nitrogens with two attached hydrogens (primary N) is 1. The second kappa shape index (κ2) is 8.28. The van der Waals surface area contributed by atoms with Gasteiger partial charge in [0.15, 0.2) is 0 Å². The minimum atomic E-state index is -0.453. The zero-order chi connectivity index (χ0) is 15.1. The molecule has 3 unspecified atom stereocenters. The fourth-order valence-electron chi connectivity index (χ4n) is 2.38. The third-order valence-corrected chi connectivity index (χ3v) is 3.70. The molecule has 0 saturated heterocycles. The summed E-state index contributed by atoms with van der Waals surface area (Å²) in [6.45, 7) is 9.00. The molecule has 1 aromatic carbocycles. The lowest BCUT2D eigenvalue weighted by Gasteiger charge is -2.22. The maximum absolute atomic E-state index is 9.94. The second-order valence-electron chi connectivity index (χ2n) is 5.63. The first-order chi connectivity index (χ1) is 9.49. The highest BCUT2D eigenvalue weighted by molar-refractivity contribution is 5.37. The van der Waals surface area contributed by atoms with E-state index in [-0.39, 0.29) is 6.04 Å². The van der Waals surface area contributed by atoms with Gasteiger partial charge in [-0.15, -0.1) is 0 Å². The predicted octanol–water partition coefficient (Wildman–Crippen LogP) is 3.24. The first-order valence-electron chi connectivity index (χ1n) is 7.68. The van der Waals surface area contributed by atoms with E-state index in [1.807, 2.05) is 13.0 Å². The highest BCUT2D eigenvalue weighted by Gasteiger charge is 2.17. The highest BCUT2D eigenvalue weighted by atomic mass is 16.5. The molecule has 20 heavy (non-hydrogen) atoms. The summed E-state index contributed by atoms with van der Waals surface area (Å²) < 4.78 is 5.68. The Labute approximate surface area is 123 Å². The summed E-state index contributed by atoms with van der Waals surface area (Å²) in [5.41, 5.74) is 8.32. The first-order valence-corrected chi connectivity index (χ1v) is 7.68. The van der Waals surface area contributed by atoms with Crippen LogP contribution in [-0.2, 0) is 6.42 Å². The average molecular weight is 279 g/mol. The van der Waals surface area contributed by atoms with Crippen molar-refractivity contribution in [1.29, 1.82) is 0 Å². The van der Waals surface area contributed by atoms with E-state index in [9.17, 15) is 5.11 Å². The summed E-state index contributed by atoms with van der Waals surface area (Å²) in [4.78, 5) is 0. The standard InChI is InChI=1S/C17H29NO2/c1-5-9-20-15-7-8-16(14(6-2)11-15)12(3)10-17(19)13(4)18/h7-8,11-13,17,19H,5-6,9-10,18H2,1-4H3. The van der Waals surface area contributed by atoms with Crippen LogP contribution in [0, 0.1) is 0 Å². The Morgan fingerprint density at radius 2 is 1.95 bits per heavy atom. The van der Waals surface area contributed by atoms with Crippen molar-refractivity contribution < 1.29 is 9.84 Å². The minimum absolute atomic E-state index is 0.185. The molecule has 3 nitrogen and oxygen atoms in total. The molecule has 0 aromatic heterocycles. The van der Waals surface area contributed by atoms with Crippen molar-refractivity contribution in [2.45, 2.75) is 65.0 Å². The normalized spacial score (nSPS) is 15.7. The summed E-state index contributed by atoms with van der Waals surface area (Å²) in [5, 5.41) is 9.94. The third-order valence-electron chi connectivity index (χ3n) is 3.70. The van der Waals surface area contributed by atoms with Crippen molar-refractivity contribution in [3.8, 4) is 5.75 Å².